The van der Waals surface area contributed by atoms with Crippen molar-refractivity contribution >= 4 is 5.97 Å². The molecule has 0 N–H and O–H groups in total. The molecule has 0 bridgehead atoms. The van der Waals surface area contributed by atoms with Crippen molar-refractivity contribution in [2.75, 3.05) is 7.11 Å². The zero-order chi connectivity index (χ0) is 4.28. The van der Waals surface area contributed by atoms with E-state index in [1.165, 1.54) is 14.0 Å². The summed E-state index contributed by atoms with van der Waals surface area (Å²) in [6.07, 6.45) is 0. The maximum Gasteiger partial charge on any atom is 1.00 e. The van der Waals surface area contributed by atoms with Crippen LogP contribution in [0.2, 0.25) is 0 Å². The molecule has 0 spiro atoms. The topological polar surface area (TPSA) is 26.3 Å². The maximum atomic E-state index is 9.59. The minimum atomic E-state index is -0.245. The molecule has 0 aromatic heterocycles. The monoisotopic (exact) mass is 114 g/mol. The molecule has 0 atom stereocenters. The van der Waals surface area contributed by atoms with Gasteiger partial charge >= 0.3 is 57.4 Å². The zero-order valence-electron chi connectivity index (χ0n) is 5.32. The largest absolute Gasteiger partial charge is 1.00 e. The van der Waals surface area contributed by atoms with Gasteiger partial charge in [-0.1, -0.05) is 0 Å². The van der Waals surface area contributed by atoms with E-state index in [0.717, 1.165) is 0 Å². The molecule has 0 saturated carbocycles. The fraction of sp³-hybridized carbons (Fsp3) is 0.667. The van der Waals surface area contributed by atoms with Gasteiger partial charge in [0.1, 0.15) is 0 Å². The molecule has 0 unspecified atom stereocenters. The van der Waals surface area contributed by atoms with E-state index in [2.05, 4.69) is 4.74 Å². The van der Waals surface area contributed by atoms with Gasteiger partial charge in [0.2, 0.25) is 0 Å². The third-order valence-electron chi connectivity index (χ3n) is 0.287. The summed E-state index contributed by atoms with van der Waals surface area (Å²) >= 11 is 0. The van der Waals surface area contributed by atoms with Gasteiger partial charge in [-0.05, 0) is 0 Å². The first-order valence-electron chi connectivity index (χ1n) is 1.32. The van der Waals surface area contributed by atoms with Gasteiger partial charge in [-0.3, -0.25) is 4.79 Å². The van der Waals surface area contributed by atoms with Gasteiger partial charge in [-0.25, -0.2) is 0 Å². The van der Waals surface area contributed by atoms with Crippen LogP contribution in [0.5, 0.6) is 0 Å². The number of ether oxygens (including phenoxy) is 1. The van der Waals surface area contributed by atoms with Crippen LogP contribution in [0.25, 0.3) is 0 Å². The summed E-state index contributed by atoms with van der Waals surface area (Å²) in [4.78, 5) is 9.59. The summed E-state index contributed by atoms with van der Waals surface area (Å²) in [6, 6.07) is 0. The van der Waals surface area contributed by atoms with Gasteiger partial charge in [-0.2, -0.15) is 0 Å². The van der Waals surface area contributed by atoms with Crippen molar-refractivity contribution in [3.05, 3.63) is 0 Å². The number of rotatable bonds is 0. The van der Waals surface area contributed by atoms with Gasteiger partial charge in [-0.15, -0.1) is 0 Å². The molecule has 0 aromatic rings. The molecule has 0 heterocycles. The number of hydrogen-bond donors (Lipinski definition) is 0. The van der Waals surface area contributed by atoms with E-state index >= 15 is 0 Å². The Morgan fingerprint density at radius 3 is 2.00 bits per heavy atom. The van der Waals surface area contributed by atoms with Gasteiger partial charge in [0, 0.05) is 6.92 Å². The van der Waals surface area contributed by atoms with Crippen LogP contribution in [0.4, 0.5) is 0 Å². The first-order chi connectivity index (χ1) is 2.27. The molecule has 3 heteroatoms. The minimum Gasteiger partial charge on any atom is -1.00 e. The van der Waals surface area contributed by atoms with Crippen molar-refractivity contribution in [3.8, 4) is 0 Å². The SMILES string of the molecule is COC(C)=O.[H-].[K+]. The van der Waals surface area contributed by atoms with E-state index in [1.807, 2.05) is 0 Å². The fourth-order valence-corrected chi connectivity index (χ4v) is 0. The summed E-state index contributed by atoms with van der Waals surface area (Å²) in [5.74, 6) is -0.245. The molecule has 0 aliphatic carbocycles. The molecule has 0 saturated heterocycles. The number of esters is 1. The van der Waals surface area contributed by atoms with Crippen LogP contribution >= 0.6 is 0 Å². The van der Waals surface area contributed by atoms with Crippen molar-refractivity contribution in [3.63, 3.8) is 0 Å². The number of carbonyl (C=O) groups excluding carboxylic acids is 1. The minimum absolute atomic E-state index is 0. The third kappa shape index (κ3) is 8.92. The van der Waals surface area contributed by atoms with Crippen LogP contribution in [0.1, 0.15) is 8.35 Å². The molecule has 0 rings (SSSR count). The van der Waals surface area contributed by atoms with E-state index in [4.69, 9.17) is 0 Å². The van der Waals surface area contributed by atoms with Crippen molar-refractivity contribution in [2.45, 2.75) is 6.92 Å². The van der Waals surface area contributed by atoms with Gasteiger partial charge < -0.3 is 6.16 Å². The van der Waals surface area contributed by atoms with E-state index in [9.17, 15) is 4.79 Å². The molecule has 6 heavy (non-hydrogen) atoms. The van der Waals surface area contributed by atoms with E-state index in [0.29, 0.717) is 0 Å². The average molecular weight is 114 g/mol. The van der Waals surface area contributed by atoms with E-state index in [-0.39, 0.29) is 58.8 Å². The van der Waals surface area contributed by atoms with Crippen LogP contribution in [0.3, 0.4) is 0 Å². The number of carbonyl (C=O) groups is 1. The van der Waals surface area contributed by atoms with Crippen molar-refractivity contribution < 1.29 is 62.3 Å². The molecule has 0 amide bonds. The predicted octanol–water partition coefficient (Wildman–Crippen LogP) is -2.70. The van der Waals surface area contributed by atoms with Crippen molar-refractivity contribution in [1.29, 1.82) is 0 Å². The molecular formula is C3H7KO2. The second-order valence-corrected chi connectivity index (χ2v) is 0.696. The Hall–Kier alpha value is 1.11. The first-order valence-corrected chi connectivity index (χ1v) is 1.32. The maximum absolute atomic E-state index is 9.59. The Balaban J connectivity index is -0.0000000800. The van der Waals surface area contributed by atoms with Crippen molar-refractivity contribution in [2.24, 2.45) is 0 Å². The van der Waals surface area contributed by atoms with Crippen LogP contribution in [0.15, 0.2) is 0 Å². The summed E-state index contributed by atoms with van der Waals surface area (Å²) in [5.41, 5.74) is 0. The smallest absolute Gasteiger partial charge is 1.00 e. The Kier molecular flexibility index (Phi) is 10.3. The molecule has 2 nitrogen and oxygen atoms in total. The summed E-state index contributed by atoms with van der Waals surface area (Å²) in [6.45, 7) is 1.36. The Morgan fingerprint density at radius 1 is 1.83 bits per heavy atom. The summed E-state index contributed by atoms with van der Waals surface area (Å²) in [7, 11) is 1.35. The summed E-state index contributed by atoms with van der Waals surface area (Å²) in [5, 5.41) is 0. The normalized spacial score (nSPS) is 5.67. The fourth-order valence-electron chi connectivity index (χ4n) is 0. The molecule has 32 valence electrons. The molecule has 0 radical (unpaired) electrons. The van der Waals surface area contributed by atoms with Gasteiger partial charge in [0.05, 0.1) is 7.11 Å². The Morgan fingerprint density at radius 2 is 2.00 bits per heavy atom. The molecule has 0 aromatic carbocycles. The average Bonchev–Trinajstić information content (AvgIpc) is 1.38. The van der Waals surface area contributed by atoms with Crippen molar-refractivity contribution in [1.82, 2.24) is 0 Å². The second-order valence-electron chi connectivity index (χ2n) is 0.696. The first kappa shape index (κ1) is 10.2. The van der Waals surface area contributed by atoms with Gasteiger partial charge in [0.15, 0.2) is 0 Å². The van der Waals surface area contributed by atoms with Gasteiger partial charge in [0.25, 0.3) is 0 Å². The van der Waals surface area contributed by atoms with E-state index in [1.54, 1.807) is 0 Å². The van der Waals surface area contributed by atoms with Crippen LogP contribution in [-0.4, -0.2) is 13.1 Å². The number of methoxy groups -OCH3 is 1. The summed E-state index contributed by atoms with van der Waals surface area (Å²) < 4.78 is 4.11. The predicted molar refractivity (Wildman–Crippen MR) is 18.8 cm³/mol. The standard InChI is InChI=1S/C3H6O2.K.H/c1-3(4)5-2;;/h1-2H3;;/q;+1;-1. The van der Waals surface area contributed by atoms with Crippen LogP contribution in [0, 0.1) is 0 Å². The number of hydrogen-bond acceptors (Lipinski definition) is 2. The molecule has 0 fully saturated rings. The molecular weight excluding hydrogens is 107 g/mol. The molecule has 0 aliphatic rings. The molecule has 0 aliphatic heterocycles. The Labute approximate surface area is 81.2 Å². The van der Waals surface area contributed by atoms with Crippen LogP contribution in [-0.2, 0) is 9.53 Å². The second kappa shape index (κ2) is 6.11. The Bertz CT molecular complexity index is 48.2. The van der Waals surface area contributed by atoms with E-state index < -0.39 is 0 Å². The quantitative estimate of drug-likeness (QED) is 0.253. The zero-order valence-corrected chi connectivity index (χ0v) is 7.44. The third-order valence-corrected chi connectivity index (χ3v) is 0.287. The van der Waals surface area contributed by atoms with Crippen LogP contribution < -0.4 is 51.4 Å².